The van der Waals surface area contributed by atoms with Crippen molar-refractivity contribution in [2.45, 2.75) is 48.0 Å². The van der Waals surface area contributed by atoms with Crippen molar-refractivity contribution in [3.8, 4) is 11.5 Å². The van der Waals surface area contributed by atoms with Crippen molar-refractivity contribution in [2.24, 2.45) is 10.8 Å². The van der Waals surface area contributed by atoms with Crippen molar-refractivity contribution in [2.75, 3.05) is 14.2 Å². The van der Waals surface area contributed by atoms with Crippen LogP contribution in [0.3, 0.4) is 0 Å². The number of hydrogen-bond acceptors (Lipinski definition) is 2. The zero-order valence-electron chi connectivity index (χ0n) is 18.7. The van der Waals surface area contributed by atoms with E-state index in [0.29, 0.717) is 41.2 Å². The Hall–Kier alpha value is -0.402. The molecule has 1 aliphatic rings. The van der Waals surface area contributed by atoms with Gasteiger partial charge in [0.05, 0.1) is 0 Å². The number of benzene rings is 2. The Morgan fingerprint density at radius 3 is 1.14 bits per heavy atom. The molecule has 1 heterocycles. The number of ether oxygens (including phenoxy) is 2. The zero-order valence-corrected chi connectivity index (χ0v) is 23.8. The van der Waals surface area contributed by atoms with Gasteiger partial charge in [0.25, 0.3) is 0 Å². The van der Waals surface area contributed by atoms with Crippen molar-refractivity contribution in [1.29, 1.82) is 0 Å². The van der Waals surface area contributed by atoms with E-state index in [1.807, 2.05) is 0 Å². The Bertz CT molecular complexity index is 763. The third kappa shape index (κ3) is 4.08. The van der Waals surface area contributed by atoms with Gasteiger partial charge >= 0.3 is 195 Å². The van der Waals surface area contributed by atoms with E-state index in [0.717, 1.165) is 11.5 Å². The average molecular weight is 589 g/mol. The first-order valence-corrected chi connectivity index (χ1v) is 17.6. The molecule has 2 atom stereocenters. The van der Waals surface area contributed by atoms with Crippen molar-refractivity contribution >= 4 is 41.2 Å². The molecular formula is C24H32O2Se3. The van der Waals surface area contributed by atoms with Crippen LogP contribution in [-0.2, 0) is 6.42 Å². The molecule has 0 saturated carbocycles. The Morgan fingerprint density at radius 2 is 0.897 bits per heavy atom. The Labute approximate surface area is 193 Å². The third-order valence-corrected chi connectivity index (χ3v) is 30.5. The van der Waals surface area contributed by atoms with Crippen LogP contribution >= 0.6 is 0 Å². The van der Waals surface area contributed by atoms with Crippen LogP contribution in [0, 0.1) is 10.8 Å². The van der Waals surface area contributed by atoms with Crippen molar-refractivity contribution < 1.29 is 9.47 Å². The van der Waals surface area contributed by atoms with E-state index in [4.69, 9.17) is 9.47 Å². The fourth-order valence-electron chi connectivity index (χ4n) is 3.61. The predicted molar refractivity (Wildman–Crippen MR) is 126 cm³/mol. The number of hydrogen-bond donors (Lipinski definition) is 0. The van der Waals surface area contributed by atoms with Crippen LogP contribution in [0.5, 0.6) is 11.5 Å². The van der Waals surface area contributed by atoms with Crippen LogP contribution in [0.15, 0.2) is 48.5 Å². The van der Waals surface area contributed by atoms with E-state index < -0.39 is 0 Å². The van der Waals surface area contributed by atoms with Gasteiger partial charge in [0, 0.05) is 0 Å². The molecule has 29 heavy (non-hydrogen) atoms. The van der Waals surface area contributed by atoms with E-state index in [1.54, 1.807) is 14.2 Å². The van der Waals surface area contributed by atoms with Crippen LogP contribution in [0.2, 0.25) is 0 Å². The van der Waals surface area contributed by atoms with Gasteiger partial charge in [-0.2, -0.15) is 0 Å². The summed E-state index contributed by atoms with van der Waals surface area (Å²) in [6, 6.07) is 17.9. The maximum absolute atomic E-state index is 5.44. The van der Waals surface area contributed by atoms with Gasteiger partial charge in [-0.25, -0.2) is 0 Å². The van der Waals surface area contributed by atoms with Gasteiger partial charge < -0.3 is 0 Å². The Morgan fingerprint density at radius 1 is 0.586 bits per heavy atom. The molecule has 2 unspecified atom stereocenters. The van der Waals surface area contributed by atoms with E-state index in [-0.39, 0.29) is 17.3 Å². The normalized spacial score (nSPS) is 25.1. The number of methoxy groups -OCH3 is 2. The molecule has 158 valence electrons. The van der Waals surface area contributed by atoms with Gasteiger partial charge in [0.1, 0.15) is 0 Å². The molecule has 2 nitrogen and oxygen atoms in total. The van der Waals surface area contributed by atoms with Crippen LogP contribution in [0.25, 0.3) is 0 Å². The molecule has 0 aromatic heterocycles. The molecule has 0 spiro atoms. The molecule has 1 fully saturated rings. The molecule has 2 aromatic carbocycles. The monoisotopic (exact) mass is 592 g/mol. The van der Waals surface area contributed by atoms with Gasteiger partial charge in [0.15, 0.2) is 0 Å². The first-order valence-electron chi connectivity index (χ1n) is 9.85. The van der Waals surface area contributed by atoms with Gasteiger partial charge in [-0.05, 0) is 0 Å². The summed E-state index contributed by atoms with van der Waals surface area (Å²) in [5.41, 5.74) is 3.46. The van der Waals surface area contributed by atoms with E-state index >= 15 is 0 Å². The molecule has 0 N–H and O–H groups in total. The number of rotatable bonds is 4. The van der Waals surface area contributed by atoms with Crippen molar-refractivity contribution in [1.82, 2.24) is 0 Å². The fraction of sp³-hybridized carbons (Fsp3) is 0.500. The van der Waals surface area contributed by atoms with E-state index in [1.165, 1.54) is 11.1 Å². The standard InChI is InChI=1S/C24H32O2Se3/c1-21(2,3)23(17-9-13-19(25-7)14-10-17)27-24(29-28-23,22(4,5)6)18-11-15-20(26-8)16-12-18/h9-16H,1-8H3. The molecule has 1 saturated heterocycles. The molecular weight excluding hydrogens is 557 g/mol. The van der Waals surface area contributed by atoms with Crippen molar-refractivity contribution in [3.63, 3.8) is 0 Å². The molecule has 0 aliphatic carbocycles. The van der Waals surface area contributed by atoms with Crippen LogP contribution in [0.1, 0.15) is 52.7 Å². The summed E-state index contributed by atoms with van der Waals surface area (Å²) >= 11 is 1.57. The Balaban J connectivity index is 2.13. The van der Waals surface area contributed by atoms with Crippen molar-refractivity contribution in [3.05, 3.63) is 59.7 Å². The van der Waals surface area contributed by atoms with E-state index in [9.17, 15) is 0 Å². The fourth-order valence-corrected chi connectivity index (χ4v) is 32.1. The second kappa shape index (κ2) is 8.27. The van der Waals surface area contributed by atoms with Crippen LogP contribution in [-0.4, -0.2) is 55.4 Å². The van der Waals surface area contributed by atoms with Gasteiger partial charge in [-0.3, -0.25) is 0 Å². The minimum absolute atomic E-state index is 0.225. The second-order valence-corrected chi connectivity index (χ2v) is 22.0. The quantitative estimate of drug-likeness (QED) is 0.476. The van der Waals surface area contributed by atoms with Gasteiger partial charge in [-0.1, -0.05) is 0 Å². The molecule has 0 bridgehead atoms. The summed E-state index contributed by atoms with van der Waals surface area (Å²) in [6.07, 6.45) is 0. The first kappa shape index (κ1) is 23.3. The van der Waals surface area contributed by atoms with E-state index in [2.05, 4.69) is 90.1 Å². The molecule has 3 rings (SSSR count). The summed E-state index contributed by atoms with van der Waals surface area (Å²) in [5.74, 6) is 1.89. The zero-order chi connectivity index (χ0) is 21.5. The van der Waals surface area contributed by atoms with Gasteiger partial charge in [-0.15, -0.1) is 0 Å². The topological polar surface area (TPSA) is 18.5 Å². The summed E-state index contributed by atoms with van der Waals surface area (Å²) in [5, 5.41) is 0. The maximum atomic E-state index is 5.44. The Kier molecular flexibility index (Phi) is 6.63. The molecule has 2 aromatic rings. The third-order valence-electron chi connectivity index (χ3n) is 5.48. The molecule has 5 heteroatoms. The molecule has 0 radical (unpaired) electrons. The summed E-state index contributed by atoms with van der Waals surface area (Å²) in [7, 11) is 3.49. The predicted octanol–water partition coefficient (Wildman–Crippen LogP) is 4.84. The second-order valence-electron chi connectivity index (χ2n) is 9.46. The van der Waals surface area contributed by atoms with Gasteiger partial charge in [0.2, 0.25) is 0 Å². The summed E-state index contributed by atoms with van der Waals surface area (Å²) in [6.45, 7) is 14.7. The first-order chi connectivity index (χ1) is 13.5. The SMILES string of the molecule is COc1ccc(C2(C(C)(C)C)[Se][Se]C(c3ccc(OC)cc3)(C(C)(C)C)[Se]2)cc1. The summed E-state index contributed by atoms with van der Waals surface area (Å²) in [4.78, 5) is 0. The molecule has 1 aliphatic heterocycles. The minimum atomic E-state index is 0.225. The summed E-state index contributed by atoms with van der Waals surface area (Å²) < 4.78 is 11.4. The van der Waals surface area contributed by atoms with Crippen LogP contribution < -0.4 is 9.47 Å². The molecule has 0 amide bonds. The average Bonchev–Trinajstić information content (AvgIpc) is 3.12. The van der Waals surface area contributed by atoms with Crippen LogP contribution in [0.4, 0.5) is 0 Å².